The smallest absolute Gasteiger partial charge is 0.227 e. The first-order valence-electron chi connectivity index (χ1n) is 14.3. The van der Waals surface area contributed by atoms with Crippen molar-refractivity contribution >= 4 is 44.0 Å². The van der Waals surface area contributed by atoms with E-state index < -0.39 is 20.6 Å². The molecule has 0 aliphatic rings. The third-order valence-electron chi connectivity index (χ3n) is 5.85. The van der Waals surface area contributed by atoms with Crippen LogP contribution >= 0.6 is 0 Å². The predicted octanol–water partition coefficient (Wildman–Crippen LogP) is 6.61. The number of rotatable bonds is 1. The van der Waals surface area contributed by atoms with Crippen LogP contribution in [0.25, 0.3) is 55.3 Å². The number of furan rings is 2. The Labute approximate surface area is 192 Å². The predicted molar refractivity (Wildman–Crippen MR) is 124 cm³/mol. The molecule has 0 radical (unpaired) electrons. The van der Waals surface area contributed by atoms with E-state index in [0.29, 0.717) is 44.2 Å². The number of hydrogen-bond donors (Lipinski definition) is 0. The van der Waals surface area contributed by atoms with Gasteiger partial charge >= 0.3 is 0 Å². The SMILES string of the molecule is [2H]C([2H])([2H])c1ccc2c(n1)oc1c2ccc2oc3c(-c4cc(C([2H])([2H])[2H])c(C([2H])([2H])[2H])c[n+]4C)c(C)ccc3c21. The van der Waals surface area contributed by atoms with Crippen molar-refractivity contribution < 1.29 is 25.7 Å². The van der Waals surface area contributed by atoms with Crippen molar-refractivity contribution in [3.63, 3.8) is 0 Å². The topological polar surface area (TPSA) is 43.1 Å². The summed E-state index contributed by atoms with van der Waals surface area (Å²) in [5.41, 5.74) is 3.03. The molecule has 0 unspecified atom stereocenters. The van der Waals surface area contributed by atoms with Gasteiger partial charge in [0, 0.05) is 45.8 Å². The van der Waals surface area contributed by atoms with Gasteiger partial charge in [0.25, 0.3) is 0 Å². The molecule has 31 heavy (non-hydrogen) atoms. The van der Waals surface area contributed by atoms with E-state index >= 15 is 0 Å². The van der Waals surface area contributed by atoms with E-state index in [1.807, 2.05) is 25.1 Å². The number of aryl methyl sites for hydroxylation is 5. The van der Waals surface area contributed by atoms with E-state index in [9.17, 15) is 0 Å². The van der Waals surface area contributed by atoms with Gasteiger partial charge in [0.1, 0.15) is 23.8 Å². The van der Waals surface area contributed by atoms with Crippen molar-refractivity contribution in [1.82, 2.24) is 4.98 Å². The van der Waals surface area contributed by atoms with Gasteiger partial charge in [0.15, 0.2) is 6.20 Å². The molecule has 4 heterocycles. The average Bonchev–Trinajstić information content (AvgIpc) is 3.39. The summed E-state index contributed by atoms with van der Waals surface area (Å²) < 4.78 is 84.8. The molecular weight excluding hydrogens is 384 g/mol. The van der Waals surface area contributed by atoms with E-state index in [4.69, 9.17) is 21.2 Å². The molecule has 152 valence electrons. The zero-order valence-electron chi connectivity index (χ0n) is 25.8. The zero-order valence-corrected chi connectivity index (χ0v) is 16.8. The molecule has 4 nitrogen and oxygen atoms in total. The van der Waals surface area contributed by atoms with Crippen molar-refractivity contribution in [1.29, 1.82) is 0 Å². The Kier molecular flexibility index (Phi) is 2.21. The molecule has 4 aromatic heterocycles. The van der Waals surface area contributed by atoms with Gasteiger partial charge in [-0.25, -0.2) is 9.55 Å². The van der Waals surface area contributed by atoms with Gasteiger partial charge < -0.3 is 8.83 Å². The van der Waals surface area contributed by atoms with Gasteiger partial charge in [-0.2, -0.15) is 0 Å². The van der Waals surface area contributed by atoms with E-state index in [-0.39, 0.29) is 22.5 Å². The maximum absolute atomic E-state index is 8.02. The van der Waals surface area contributed by atoms with Gasteiger partial charge in [-0.1, -0.05) is 12.1 Å². The molecule has 4 heteroatoms. The lowest BCUT2D eigenvalue weighted by molar-refractivity contribution is -0.660. The molecule has 0 spiro atoms. The summed E-state index contributed by atoms with van der Waals surface area (Å²) >= 11 is 0. The minimum atomic E-state index is -2.65. The van der Waals surface area contributed by atoms with Crippen LogP contribution in [0.1, 0.15) is 34.7 Å². The van der Waals surface area contributed by atoms with E-state index in [1.165, 1.54) is 18.3 Å². The standard InChI is InChI=1S/C27H23N2O2/c1-14-6-8-20-24-22(11-10-18-19-9-7-17(4)28-27(19)31-25(18)24)30-26(20)23(14)21-12-15(2)16(3)13-29(21)5/h6-13H,1-5H3/q+1/i2D3,3D3,4D3. The first kappa shape index (κ1) is 11.1. The number of benzene rings is 2. The number of hydrogen-bond acceptors (Lipinski definition) is 3. The lowest BCUT2D eigenvalue weighted by Crippen LogP contribution is -2.31. The highest BCUT2D eigenvalue weighted by molar-refractivity contribution is 6.23. The lowest BCUT2D eigenvalue weighted by atomic mass is 9.98. The molecule has 6 aromatic rings. The normalized spacial score (nSPS) is 17.5. The third kappa shape index (κ3) is 2.48. The van der Waals surface area contributed by atoms with Crippen molar-refractivity contribution in [3.05, 3.63) is 71.0 Å². The fourth-order valence-electron chi connectivity index (χ4n) is 4.35. The maximum atomic E-state index is 8.02. The second-order valence-electron chi connectivity index (χ2n) is 7.80. The molecule has 0 saturated carbocycles. The molecule has 0 saturated heterocycles. The molecule has 0 fully saturated rings. The summed E-state index contributed by atoms with van der Waals surface area (Å²) in [5, 5.41) is 2.78. The molecule has 0 amide bonds. The highest BCUT2D eigenvalue weighted by atomic mass is 16.4. The minimum absolute atomic E-state index is 0.0664. The summed E-state index contributed by atoms with van der Waals surface area (Å²) in [6.45, 7) is -5.77. The molecular formula is C27H23N2O2+. The Morgan fingerprint density at radius 1 is 0.839 bits per heavy atom. The largest absolute Gasteiger partial charge is 0.455 e. The van der Waals surface area contributed by atoms with Gasteiger partial charge in [0.05, 0.1) is 10.9 Å². The van der Waals surface area contributed by atoms with Gasteiger partial charge in [-0.3, -0.25) is 0 Å². The minimum Gasteiger partial charge on any atom is -0.455 e. The second-order valence-corrected chi connectivity index (χ2v) is 7.80. The van der Waals surface area contributed by atoms with Crippen LogP contribution in [0.3, 0.4) is 0 Å². The van der Waals surface area contributed by atoms with Crippen LogP contribution in [0.2, 0.25) is 0 Å². The van der Waals surface area contributed by atoms with Crippen LogP contribution in [-0.2, 0) is 7.05 Å². The first-order valence-corrected chi connectivity index (χ1v) is 9.79. The highest BCUT2D eigenvalue weighted by Gasteiger charge is 2.23. The van der Waals surface area contributed by atoms with Crippen LogP contribution in [-0.4, -0.2) is 4.98 Å². The second kappa shape index (κ2) is 6.17. The van der Waals surface area contributed by atoms with Crippen LogP contribution in [0.4, 0.5) is 0 Å². The van der Waals surface area contributed by atoms with Crippen LogP contribution < -0.4 is 4.57 Å². The number of nitrogens with zero attached hydrogens (tertiary/aromatic N) is 2. The molecule has 0 aliphatic heterocycles. The molecule has 0 atom stereocenters. The number of fused-ring (bicyclic) bond motifs is 7. The maximum Gasteiger partial charge on any atom is 0.227 e. The van der Waals surface area contributed by atoms with E-state index in [2.05, 4.69) is 4.98 Å². The Hall–Kier alpha value is -3.66. The van der Waals surface area contributed by atoms with Crippen molar-refractivity contribution in [2.24, 2.45) is 7.05 Å². The summed E-state index contributed by atoms with van der Waals surface area (Å²) in [5.74, 6) is 0. The third-order valence-corrected chi connectivity index (χ3v) is 5.85. The quantitative estimate of drug-likeness (QED) is 0.283. The van der Waals surface area contributed by atoms with Gasteiger partial charge in [-0.05, 0) is 62.9 Å². The Morgan fingerprint density at radius 2 is 1.68 bits per heavy atom. The monoisotopic (exact) mass is 416 g/mol. The van der Waals surface area contributed by atoms with E-state index in [1.54, 1.807) is 23.7 Å². The molecule has 6 rings (SSSR count). The van der Waals surface area contributed by atoms with Gasteiger partial charge in [-0.15, -0.1) is 0 Å². The van der Waals surface area contributed by atoms with Gasteiger partial charge in [0.2, 0.25) is 11.4 Å². The fraction of sp³-hybridized carbons (Fsp3) is 0.185. The van der Waals surface area contributed by atoms with Crippen molar-refractivity contribution in [3.8, 4) is 11.3 Å². The summed E-state index contributed by atoms with van der Waals surface area (Å²) in [4.78, 5) is 4.24. The van der Waals surface area contributed by atoms with Crippen LogP contribution in [0, 0.1) is 27.5 Å². The fourth-order valence-corrected chi connectivity index (χ4v) is 4.35. The summed E-state index contributed by atoms with van der Waals surface area (Å²) in [6, 6.07) is 11.9. The molecule has 0 aliphatic carbocycles. The summed E-state index contributed by atoms with van der Waals surface area (Å²) in [7, 11) is 1.67. The Bertz CT molecular complexity index is 1990. The molecule has 0 N–H and O–H groups in total. The molecule has 0 bridgehead atoms. The number of aromatic nitrogens is 2. The van der Waals surface area contributed by atoms with Crippen molar-refractivity contribution in [2.75, 3.05) is 0 Å². The van der Waals surface area contributed by atoms with E-state index in [0.717, 1.165) is 10.9 Å². The average molecular weight is 417 g/mol. The number of pyridine rings is 2. The first-order chi connectivity index (χ1) is 18.6. The lowest BCUT2D eigenvalue weighted by Gasteiger charge is -2.07. The summed E-state index contributed by atoms with van der Waals surface area (Å²) in [6.07, 6.45) is 1.34. The zero-order chi connectivity index (χ0) is 28.9. The Morgan fingerprint density at radius 3 is 2.52 bits per heavy atom. The molecule has 2 aromatic carbocycles. The van der Waals surface area contributed by atoms with Crippen molar-refractivity contribution in [2.45, 2.75) is 27.5 Å². The van der Waals surface area contributed by atoms with Crippen LogP contribution in [0.15, 0.2) is 57.5 Å². The Balaban J connectivity index is 1.67. The van der Waals surface area contributed by atoms with Crippen LogP contribution in [0.5, 0.6) is 0 Å². The highest BCUT2D eigenvalue weighted by Crippen LogP contribution is 2.42.